The molecule has 2 atom stereocenters. The highest BCUT2D eigenvalue weighted by atomic mass is 32.2. The zero-order valence-electron chi connectivity index (χ0n) is 17.7. The van der Waals surface area contributed by atoms with Crippen molar-refractivity contribution < 1.29 is 31.1 Å². The van der Waals surface area contributed by atoms with Gasteiger partial charge in [-0.3, -0.25) is 9.97 Å². The van der Waals surface area contributed by atoms with E-state index in [9.17, 15) is 26.7 Å². The average Bonchev–Trinajstić information content (AvgIpc) is 3.44. The van der Waals surface area contributed by atoms with Gasteiger partial charge in [0, 0.05) is 18.3 Å². The summed E-state index contributed by atoms with van der Waals surface area (Å²) in [5, 5.41) is 18.0. The van der Waals surface area contributed by atoms with Crippen molar-refractivity contribution in [1.82, 2.24) is 24.5 Å². The first kappa shape index (κ1) is 23.1. The number of hydrogen-bond donors (Lipinski definition) is 1. The molecule has 35 heavy (non-hydrogen) atoms. The van der Waals surface area contributed by atoms with E-state index in [0.29, 0.717) is 5.56 Å². The van der Waals surface area contributed by atoms with Crippen LogP contribution in [0, 0.1) is 5.82 Å². The van der Waals surface area contributed by atoms with Crippen molar-refractivity contribution >= 4 is 10.0 Å². The number of aromatic nitrogens is 4. The Bertz CT molecular complexity index is 1470. The van der Waals surface area contributed by atoms with Crippen LogP contribution in [0.3, 0.4) is 0 Å². The predicted octanol–water partition coefficient (Wildman–Crippen LogP) is 3.58. The second-order valence-electron chi connectivity index (χ2n) is 7.66. The minimum Gasteiger partial charge on any atom is -0.415 e. The summed E-state index contributed by atoms with van der Waals surface area (Å²) in [6.07, 6.45) is -2.06. The highest BCUT2D eigenvalue weighted by Gasteiger charge is 2.44. The van der Waals surface area contributed by atoms with Gasteiger partial charge in [-0.1, -0.05) is 12.1 Å². The highest BCUT2D eigenvalue weighted by molar-refractivity contribution is 7.89. The molecule has 4 heterocycles. The molecule has 0 radical (unpaired) electrons. The molecule has 1 N–H and O–H groups in total. The first-order chi connectivity index (χ1) is 16.8. The maximum atomic E-state index is 13.6. The summed E-state index contributed by atoms with van der Waals surface area (Å²) in [5.41, 5.74) is 0.853. The van der Waals surface area contributed by atoms with Gasteiger partial charge in [-0.05, 0) is 42.0 Å². The van der Waals surface area contributed by atoms with Crippen molar-refractivity contribution in [3.63, 3.8) is 0 Å². The van der Waals surface area contributed by atoms with Gasteiger partial charge in [-0.25, -0.2) is 12.8 Å². The van der Waals surface area contributed by atoms with Gasteiger partial charge in [0.15, 0.2) is 0 Å². The summed E-state index contributed by atoms with van der Waals surface area (Å²) in [7, 11) is -4.20. The number of halogens is 3. The number of pyridine rings is 2. The summed E-state index contributed by atoms with van der Waals surface area (Å²) >= 11 is 0. The SMILES string of the molecule is O=S1(=O)c2cc(-c3nnc(C(F)F)o3)ccc2CN1[C@@H](c1ccccn1)[C@@H](O)c1ccc(F)cn1. The van der Waals surface area contributed by atoms with Crippen LogP contribution in [0.2, 0.25) is 0 Å². The van der Waals surface area contributed by atoms with Gasteiger partial charge >= 0.3 is 6.43 Å². The first-order valence-corrected chi connectivity index (χ1v) is 11.7. The molecule has 0 fully saturated rings. The van der Waals surface area contributed by atoms with Crippen LogP contribution in [-0.2, 0) is 16.6 Å². The van der Waals surface area contributed by atoms with Gasteiger partial charge in [-0.15, -0.1) is 10.2 Å². The largest absolute Gasteiger partial charge is 0.415 e. The smallest absolute Gasteiger partial charge is 0.314 e. The topological polar surface area (TPSA) is 122 Å². The molecule has 0 amide bonds. The minimum absolute atomic E-state index is 0.0549. The van der Waals surface area contributed by atoms with E-state index in [-0.39, 0.29) is 34.3 Å². The third-order valence-corrected chi connectivity index (χ3v) is 7.42. The monoisotopic (exact) mass is 503 g/mol. The molecule has 13 heteroatoms. The highest BCUT2D eigenvalue weighted by Crippen LogP contribution is 2.43. The van der Waals surface area contributed by atoms with Crippen LogP contribution < -0.4 is 0 Å². The maximum absolute atomic E-state index is 13.6. The standard InChI is InChI=1S/C22H16F3N5O4S/c23-14-6-7-16(27-10-14)19(31)18(15-3-1-2-8-26-15)30-11-13-5-4-12(9-17(13)35(30,32)33)21-28-29-22(34-21)20(24)25/h1-10,18-20,31H,11H2/t18-,19-/m0/s1. The molecule has 0 saturated carbocycles. The zero-order chi connectivity index (χ0) is 24.7. The molecule has 4 aromatic rings. The van der Waals surface area contributed by atoms with Crippen LogP contribution in [0.1, 0.15) is 41.4 Å². The van der Waals surface area contributed by atoms with E-state index in [2.05, 4.69) is 20.2 Å². The fraction of sp³-hybridized carbons (Fsp3) is 0.182. The van der Waals surface area contributed by atoms with Crippen LogP contribution in [0.4, 0.5) is 13.2 Å². The fourth-order valence-corrected chi connectivity index (χ4v) is 5.69. The Labute approximate surface area is 197 Å². The van der Waals surface area contributed by atoms with Crippen LogP contribution in [0.5, 0.6) is 0 Å². The molecule has 1 aromatic carbocycles. The van der Waals surface area contributed by atoms with Gasteiger partial charge in [0.2, 0.25) is 15.9 Å². The Morgan fingerprint density at radius 2 is 1.86 bits per heavy atom. The molecule has 1 aliphatic rings. The molecule has 1 aliphatic heterocycles. The zero-order valence-corrected chi connectivity index (χ0v) is 18.5. The van der Waals surface area contributed by atoms with Crippen LogP contribution in [0.25, 0.3) is 11.5 Å². The average molecular weight is 503 g/mol. The number of aliphatic hydroxyl groups is 1. The molecule has 0 spiro atoms. The molecule has 9 nitrogen and oxygen atoms in total. The number of nitrogens with zero attached hydrogens (tertiary/aromatic N) is 5. The Morgan fingerprint density at radius 1 is 1.03 bits per heavy atom. The minimum atomic E-state index is -4.20. The van der Waals surface area contributed by atoms with Gasteiger partial charge in [0.05, 0.1) is 28.5 Å². The lowest BCUT2D eigenvalue weighted by molar-refractivity contribution is 0.0826. The molecule has 0 saturated heterocycles. The van der Waals surface area contributed by atoms with Crippen molar-refractivity contribution in [3.8, 4) is 11.5 Å². The lowest BCUT2D eigenvalue weighted by atomic mass is 10.0. The third-order valence-electron chi connectivity index (χ3n) is 5.51. The lowest BCUT2D eigenvalue weighted by Gasteiger charge is -2.29. The van der Waals surface area contributed by atoms with Crippen LogP contribution in [-0.4, -0.2) is 38.0 Å². The second kappa shape index (κ2) is 8.83. The summed E-state index contributed by atoms with van der Waals surface area (Å²) < 4.78 is 72.2. The van der Waals surface area contributed by atoms with Crippen molar-refractivity contribution in [2.75, 3.05) is 0 Å². The molecule has 0 aliphatic carbocycles. The summed E-state index contributed by atoms with van der Waals surface area (Å²) in [6.45, 7) is -0.108. The van der Waals surface area contributed by atoms with E-state index in [1.807, 2.05) is 0 Å². The van der Waals surface area contributed by atoms with Gasteiger partial charge in [0.1, 0.15) is 11.9 Å². The fourth-order valence-electron chi connectivity index (χ4n) is 3.87. The van der Waals surface area contributed by atoms with E-state index < -0.39 is 40.3 Å². The van der Waals surface area contributed by atoms with E-state index in [1.54, 1.807) is 18.2 Å². The number of aliphatic hydroxyl groups excluding tert-OH is 1. The van der Waals surface area contributed by atoms with Crippen LogP contribution >= 0.6 is 0 Å². The Morgan fingerprint density at radius 3 is 2.51 bits per heavy atom. The van der Waals surface area contributed by atoms with Crippen molar-refractivity contribution in [2.45, 2.75) is 30.0 Å². The van der Waals surface area contributed by atoms with Gasteiger partial charge in [0.25, 0.3) is 5.89 Å². The summed E-state index contributed by atoms with van der Waals surface area (Å²) in [6, 6.07) is 10.3. The summed E-state index contributed by atoms with van der Waals surface area (Å²) in [5.74, 6) is -1.75. The van der Waals surface area contributed by atoms with Crippen molar-refractivity contribution in [1.29, 1.82) is 0 Å². The normalized spacial score (nSPS) is 16.8. The molecule has 0 bridgehead atoms. The van der Waals surface area contributed by atoms with E-state index in [4.69, 9.17) is 4.42 Å². The molecule has 3 aromatic heterocycles. The van der Waals surface area contributed by atoms with Gasteiger partial charge < -0.3 is 9.52 Å². The van der Waals surface area contributed by atoms with Crippen molar-refractivity contribution in [2.24, 2.45) is 0 Å². The Kier molecular flexibility index (Phi) is 5.83. The number of fused-ring (bicyclic) bond motifs is 1. The number of benzene rings is 1. The second-order valence-corrected chi connectivity index (χ2v) is 9.52. The molecular weight excluding hydrogens is 487 g/mol. The molecule has 0 unspecified atom stereocenters. The Balaban J connectivity index is 1.56. The van der Waals surface area contributed by atoms with E-state index in [1.165, 1.54) is 30.5 Å². The number of sulfonamides is 1. The summed E-state index contributed by atoms with van der Waals surface area (Å²) in [4.78, 5) is 8.02. The number of rotatable bonds is 6. The van der Waals surface area contributed by atoms with Gasteiger partial charge in [-0.2, -0.15) is 13.1 Å². The first-order valence-electron chi connectivity index (χ1n) is 10.2. The number of hydrogen-bond acceptors (Lipinski definition) is 8. The third kappa shape index (κ3) is 4.17. The van der Waals surface area contributed by atoms with E-state index >= 15 is 0 Å². The quantitative estimate of drug-likeness (QED) is 0.424. The molecular formula is C22H16F3N5O4S. The predicted molar refractivity (Wildman–Crippen MR) is 114 cm³/mol. The molecule has 180 valence electrons. The lowest BCUT2D eigenvalue weighted by Crippen LogP contribution is -2.34. The Hall–Kier alpha value is -3.68. The maximum Gasteiger partial charge on any atom is 0.314 e. The van der Waals surface area contributed by atoms with Crippen LogP contribution in [0.15, 0.2) is 70.2 Å². The number of alkyl halides is 2. The van der Waals surface area contributed by atoms with E-state index in [0.717, 1.165) is 16.6 Å². The van der Waals surface area contributed by atoms with Crippen molar-refractivity contribution in [3.05, 3.63) is 89.6 Å². The molecule has 5 rings (SSSR count).